The number of allylic oxidation sites excluding steroid dienone is 1. The lowest BCUT2D eigenvalue weighted by molar-refractivity contribution is -0.212. The molecule has 0 radical (unpaired) electrons. The highest BCUT2D eigenvalue weighted by Crippen LogP contribution is 2.63. The normalized spacial score (nSPS) is 26.0. The van der Waals surface area contributed by atoms with Gasteiger partial charge in [0.05, 0.1) is 17.6 Å². The lowest BCUT2D eigenvalue weighted by atomic mass is 9.66. The molecule has 0 amide bonds. The van der Waals surface area contributed by atoms with Crippen LogP contribution in [-0.4, -0.2) is 45.1 Å². The number of phenols is 2. The van der Waals surface area contributed by atoms with E-state index < -0.39 is 51.4 Å². The van der Waals surface area contributed by atoms with Crippen LogP contribution in [0.3, 0.4) is 0 Å². The molecule has 0 saturated heterocycles. The number of phenolic OH excluding ortho intramolecular Hbond substituents is 2. The fourth-order valence-electron chi connectivity index (χ4n) is 4.22. The van der Waals surface area contributed by atoms with Crippen LogP contribution in [0.4, 0.5) is 0 Å². The molecule has 1 heterocycles. The van der Waals surface area contributed by atoms with E-state index in [-0.39, 0.29) is 35.5 Å². The molecule has 1 aromatic carbocycles. The third-order valence-electron chi connectivity index (χ3n) is 5.63. The second kappa shape index (κ2) is 6.07. The van der Waals surface area contributed by atoms with Crippen molar-refractivity contribution in [3.05, 3.63) is 28.0 Å². The van der Waals surface area contributed by atoms with E-state index in [9.17, 15) is 29.7 Å². The van der Waals surface area contributed by atoms with Gasteiger partial charge in [-0.05, 0) is 34.6 Å². The number of carbonyl (C=O) groups is 3. The number of hydrogen-bond donors (Lipinski definition) is 3. The monoisotopic (exact) mass is 390 g/mol. The van der Waals surface area contributed by atoms with E-state index in [0.717, 1.165) is 6.92 Å². The van der Waals surface area contributed by atoms with Crippen LogP contribution >= 0.6 is 0 Å². The maximum atomic E-state index is 12.6. The van der Waals surface area contributed by atoms with Crippen LogP contribution < -0.4 is 4.74 Å². The lowest BCUT2D eigenvalue weighted by Crippen LogP contribution is -2.58. The Bertz CT molecular complexity index is 973. The molecule has 0 saturated carbocycles. The molecule has 28 heavy (non-hydrogen) atoms. The summed E-state index contributed by atoms with van der Waals surface area (Å²) in [5.74, 6) is -5.27. The molecule has 0 bridgehead atoms. The Labute approximate surface area is 161 Å². The van der Waals surface area contributed by atoms with Crippen LogP contribution in [0, 0.1) is 6.92 Å². The summed E-state index contributed by atoms with van der Waals surface area (Å²) >= 11 is 0. The number of rotatable bonds is 4. The SMILES string of the molecule is CCO[C@@]12CC(=O)C(C(C)=O)=C(O)[C@]1(C)c1c(O)c(C(C)=O)c(O)c(C)c1O2. The first-order chi connectivity index (χ1) is 12.9. The van der Waals surface area contributed by atoms with Crippen LogP contribution in [0.15, 0.2) is 11.3 Å². The van der Waals surface area contributed by atoms with E-state index >= 15 is 0 Å². The maximum absolute atomic E-state index is 12.6. The number of aliphatic hydroxyl groups excluding tert-OH is 1. The van der Waals surface area contributed by atoms with E-state index in [4.69, 9.17) is 9.47 Å². The Morgan fingerprint density at radius 1 is 1.14 bits per heavy atom. The van der Waals surface area contributed by atoms with Crippen molar-refractivity contribution < 1.29 is 39.2 Å². The fourth-order valence-corrected chi connectivity index (χ4v) is 4.22. The van der Waals surface area contributed by atoms with Gasteiger partial charge >= 0.3 is 0 Å². The molecule has 1 aliphatic heterocycles. The third kappa shape index (κ3) is 2.18. The number of benzene rings is 1. The number of hydrogen-bond acceptors (Lipinski definition) is 8. The molecule has 0 unspecified atom stereocenters. The van der Waals surface area contributed by atoms with Gasteiger partial charge in [0.1, 0.15) is 34.0 Å². The Morgan fingerprint density at radius 3 is 2.25 bits per heavy atom. The van der Waals surface area contributed by atoms with Gasteiger partial charge in [0.15, 0.2) is 17.3 Å². The summed E-state index contributed by atoms with van der Waals surface area (Å²) in [7, 11) is 0. The number of fused-ring (bicyclic) bond motifs is 3. The Balaban J connectivity index is 2.50. The first-order valence-corrected chi connectivity index (χ1v) is 8.85. The molecule has 1 aromatic rings. The molecule has 8 heteroatoms. The minimum atomic E-state index is -1.74. The van der Waals surface area contributed by atoms with Gasteiger partial charge in [-0.2, -0.15) is 0 Å². The van der Waals surface area contributed by atoms with Gasteiger partial charge in [0.2, 0.25) is 5.79 Å². The van der Waals surface area contributed by atoms with Crippen molar-refractivity contribution in [3.63, 3.8) is 0 Å². The van der Waals surface area contributed by atoms with Gasteiger partial charge in [-0.25, -0.2) is 0 Å². The third-order valence-corrected chi connectivity index (χ3v) is 5.63. The van der Waals surface area contributed by atoms with Crippen molar-refractivity contribution in [1.29, 1.82) is 0 Å². The molecule has 0 fully saturated rings. The first kappa shape index (κ1) is 19.9. The molecular weight excluding hydrogens is 368 g/mol. The molecule has 3 N–H and O–H groups in total. The summed E-state index contributed by atoms with van der Waals surface area (Å²) in [5, 5.41) is 32.3. The van der Waals surface area contributed by atoms with Gasteiger partial charge in [0, 0.05) is 12.2 Å². The second-order valence-electron chi connectivity index (χ2n) is 7.25. The number of Topliss-reactive ketones (excluding diaryl/α,β-unsaturated/α-hetero) is 3. The average molecular weight is 390 g/mol. The summed E-state index contributed by atoms with van der Waals surface area (Å²) < 4.78 is 11.7. The molecule has 1 aliphatic carbocycles. The first-order valence-electron chi connectivity index (χ1n) is 8.85. The Morgan fingerprint density at radius 2 is 1.75 bits per heavy atom. The smallest absolute Gasteiger partial charge is 0.234 e. The molecule has 0 aromatic heterocycles. The van der Waals surface area contributed by atoms with Crippen LogP contribution in [0.1, 0.15) is 55.6 Å². The minimum Gasteiger partial charge on any atom is -0.510 e. The highest BCUT2D eigenvalue weighted by molar-refractivity contribution is 6.21. The number of ketones is 3. The number of aliphatic hydroxyl groups is 1. The van der Waals surface area contributed by atoms with E-state index in [1.165, 1.54) is 20.8 Å². The summed E-state index contributed by atoms with van der Waals surface area (Å²) in [6, 6.07) is 0. The summed E-state index contributed by atoms with van der Waals surface area (Å²) in [5.41, 5.74) is -2.24. The van der Waals surface area contributed by atoms with Crippen molar-refractivity contribution in [3.8, 4) is 17.2 Å². The zero-order chi connectivity index (χ0) is 21.2. The van der Waals surface area contributed by atoms with E-state index in [1.807, 2.05) is 0 Å². The predicted molar refractivity (Wildman–Crippen MR) is 96.8 cm³/mol. The molecular formula is C20H22O8. The zero-order valence-electron chi connectivity index (χ0n) is 16.3. The fraction of sp³-hybridized carbons (Fsp3) is 0.450. The van der Waals surface area contributed by atoms with Gasteiger partial charge in [-0.15, -0.1) is 0 Å². The van der Waals surface area contributed by atoms with Gasteiger partial charge < -0.3 is 24.8 Å². The standard InChI is InChI=1S/C20H22O8/c1-6-27-20-7-11(23)12(9(3)21)18(26)19(20,5)14-16(25)13(10(4)22)15(24)8(2)17(14)28-20/h24-26H,6-7H2,1-5H3/t19-,20+/m0/s1. The van der Waals surface area contributed by atoms with Crippen molar-refractivity contribution in [2.45, 2.75) is 52.2 Å². The second-order valence-corrected chi connectivity index (χ2v) is 7.25. The zero-order valence-corrected chi connectivity index (χ0v) is 16.3. The highest BCUT2D eigenvalue weighted by atomic mass is 16.7. The lowest BCUT2D eigenvalue weighted by Gasteiger charge is -2.44. The van der Waals surface area contributed by atoms with Gasteiger partial charge in [0.25, 0.3) is 0 Å². The molecule has 150 valence electrons. The largest absolute Gasteiger partial charge is 0.510 e. The van der Waals surface area contributed by atoms with E-state index in [0.29, 0.717) is 0 Å². The maximum Gasteiger partial charge on any atom is 0.234 e. The molecule has 2 aliphatic rings. The van der Waals surface area contributed by atoms with Crippen LogP contribution in [0.5, 0.6) is 17.2 Å². The van der Waals surface area contributed by atoms with Crippen molar-refractivity contribution in [2.24, 2.45) is 0 Å². The average Bonchev–Trinajstić information content (AvgIpc) is 2.83. The van der Waals surface area contributed by atoms with Gasteiger partial charge in [-0.1, -0.05) is 0 Å². The minimum absolute atomic E-state index is 0.0000945. The Hall–Kier alpha value is -2.87. The molecule has 2 atom stereocenters. The number of carbonyl (C=O) groups excluding carboxylic acids is 3. The van der Waals surface area contributed by atoms with Crippen LogP contribution in [0.25, 0.3) is 0 Å². The number of ether oxygens (including phenoxy) is 2. The van der Waals surface area contributed by atoms with Crippen molar-refractivity contribution in [2.75, 3.05) is 6.61 Å². The highest BCUT2D eigenvalue weighted by Gasteiger charge is 2.67. The molecule has 0 spiro atoms. The Kier molecular flexibility index (Phi) is 4.31. The van der Waals surface area contributed by atoms with E-state index in [2.05, 4.69) is 0 Å². The topological polar surface area (TPSA) is 130 Å². The van der Waals surface area contributed by atoms with Crippen molar-refractivity contribution in [1.82, 2.24) is 0 Å². The molecule has 8 nitrogen and oxygen atoms in total. The number of aromatic hydroxyl groups is 2. The van der Waals surface area contributed by atoms with E-state index in [1.54, 1.807) is 6.92 Å². The van der Waals surface area contributed by atoms with Gasteiger partial charge in [-0.3, -0.25) is 14.4 Å². The van der Waals surface area contributed by atoms with Crippen LogP contribution in [0.2, 0.25) is 0 Å². The summed E-state index contributed by atoms with van der Waals surface area (Å²) in [6.45, 7) is 7.05. The van der Waals surface area contributed by atoms with Crippen LogP contribution in [-0.2, 0) is 19.7 Å². The predicted octanol–water partition coefficient (Wildman–Crippen LogP) is 2.37. The summed E-state index contributed by atoms with van der Waals surface area (Å²) in [4.78, 5) is 36.7. The quantitative estimate of drug-likeness (QED) is 0.528. The van der Waals surface area contributed by atoms with Crippen molar-refractivity contribution >= 4 is 17.3 Å². The molecule has 3 rings (SSSR count). The summed E-state index contributed by atoms with van der Waals surface area (Å²) in [6.07, 6.45) is -0.389.